The Kier molecular flexibility index (Phi) is 3.81. The smallest absolute Gasteiger partial charge is 0.261 e. The van der Waals surface area contributed by atoms with Gasteiger partial charge < -0.3 is 0 Å². The summed E-state index contributed by atoms with van der Waals surface area (Å²) in [5.74, 6) is -0.421. The lowest BCUT2D eigenvalue weighted by Gasteiger charge is -2.12. The maximum Gasteiger partial charge on any atom is 0.261 e. The minimum absolute atomic E-state index is 0.0531. The number of aryl methyl sites for hydroxylation is 2. The molecule has 2 aromatic rings. The van der Waals surface area contributed by atoms with E-state index in [0.717, 1.165) is 17.2 Å². The fourth-order valence-electron chi connectivity index (χ4n) is 1.85. The number of sulfonamides is 1. The van der Waals surface area contributed by atoms with E-state index < -0.39 is 15.8 Å². The molecule has 106 valence electrons. The van der Waals surface area contributed by atoms with Gasteiger partial charge in [0.05, 0.1) is 10.6 Å². The molecule has 2 aromatic carbocycles. The molecule has 0 saturated carbocycles. The molecule has 20 heavy (non-hydrogen) atoms. The Hall–Kier alpha value is -1.88. The Morgan fingerprint density at radius 3 is 2.35 bits per heavy atom. The summed E-state index contributed by atoms with van der Waals surface area (Å²) in [6, 6.07) is 9.15. The van der Waals surface area contributed by atoms with Gasteiger partial charge in [0, 0.05) is 0 Å². The van der Waals surface area contributed by atoms with Crippen molar-refractivity contribution in [2.24, 2.45) is 0 Å². The van der Waals surface area contributed by atoms with Gasteiger partial charge in [-0.25, -0.2) is 12.8 Å². The standard InChI is InChI=1S/C15H16FNO2S/c1-10-5-4-6-15(12(10)3)17-20(18,19)13-7-8-14(16)11(2)9-13/h4-9,17H,1-3H3. The lowest BCUT2D eigenvalue weighted by atomic mass is 10.1. The molecule has 0 spiro atoms. The zero-order chi connectivity index (χ0) is 14.9. The van der Waals surface area contributed by atoms with Crippen molar-refractivity contribution in [3.05, 3.63) is 58.9 Å². The second-order valence-corrected chi connectivity index (χ2v) is 6.45. The van der Waals surface area contributed by atoms with Gasteiger partial charge in [-0.2, -0.15) is 0 Å². The van der Waals surface area contributed by atoms with Crippen LogP contribution in [0.5, 0.6) is 0 Å². The van der Waals surface area contributed by atoms with Gasteiger partial charge in [0.15, 0.2) is 0 Å². The normalized spacial score (nSPS) is 11.4. The summed E-state index contributed by atoms with van der Waals surface area (Å²) in [5.41, 5.74) is 2.70. The lowest BCUT2D eigenvalue weighted by Crippen LogP contribution is -2.14. The molecule has 0 aliphatic heterocycles. The van der Waals surface area contributed by atoms with Crippen LogP contribution >= 0.6 is 0 Å². The van der Waals surface area contributed by atoms with Crippen molar-refractivity contribution in [2.45, 2.75) is 25.7 Å². The number of anilines is 1. The van der Waals surface area contributed by atoms with Gasteiger partial charge >= 0.3 is 0 Å². The lowest BCUT2D eigenvalue weighted by molar-refractivity contribution is 0.598. The number of nitrogens with one attached hydrogen (secondary N) is 1. The van der Waals surface area contributed by atoms with Crippen LogP contribution in [0.2, 0.25) is 0 Å². The number of benzene rings is 2. The monoisotopic (exact) mass is 293 g/mol. The number of hydrogen-bond donors (Lipinski definition) is 1. The highest BCUT2D eigenvalue weighted by Gasteiger charge is 2.16. The van der Waals surface area contributed by atoms with Crippen LogP contribution in [0.4, 0.5) is 10.1 Å². The summed E-state index contributed by atoms with van der Waals surface area (Å²) in [7, 11) is -3.71. The van der Waals surface area contributed by atoms with Crippen LogP contribution in [0.15, 0.2) is 41.3 Å². The van der Waals surface area contributed by atoms with Gasteiger partial charge in [0.2, 0.25) is 0 Å². The first-order valence-corrected chi connectivity index (χ1v) is 7.65. The fourth-order valence-corrected chi connectivity index (χ4v) is 3.06. The minimum atomic E-state index is -3.71. The van der Waals surface area contributed by atoms with E-state index in [9.17, 15) is 12.8 Å². The molecule has 0 fully saturated rings. The highest BCUT2D eigenvalue weighted by atomic mass is 32.2. The molecule has 0 aliphatic carbocycles. The van der Waals surface area contributed by atoms with Crippen molar-refractivity contribution in [1.29, 1.82) is 0 Å². The first kappa shape index (κ1) is 14.5. The number of hydrogen-bond acceptors (Lipinski definition) is 2. The van der Waals surface area contributed by atoms with Crippen LogP contribution in [0.3, 0.4) is 0 Å². The van der Waals surface area contributed by atoms with E-state index in [1.807, 2.05) is 19.9 Å². The van der Waals surface area contributed by atoms with Gasteiger partial charge in [-0.1, -0.05) is 12.1 Å². The minimum Gasteiger partial charge on any atom is -0.279 e. The zero-order valence-electron chi connectivity index (χ0n) is 11.6. The van der Waals surface area contributed by atoms with Crippen molar-refractivity contribution in [3.8, 4) is 0 Å². The molecule has 0 radical (unpaired) electrons. The topological polar surface area (TPSA) is 46.2 Å². The van der Waals surface area contributed by atoms with Crippen molar-refractivity contribution in [1.82, 2.24) is 0 Å². The van der Waals surface area contributed by atoms with Crippen molar-refractivity contribution < 1.29 is 12.8 Å². The Bertz CT molecular complexity index is 754. The van der Waals surface area contributed by atoms with Gasteiger partial charge in [-0.3, -0.25) is 4.72 Å². The summed E-state index contributed by atoms with van der Waals surface area (Å²) < 4.78 is 40.3. The predicted molar refractivity (Wildman–Crippen MR) is 77.9 cm³/mol. The molecular formula is C15H16FNO2S. The van der Waals surface area contributed by atoms with Gasteiger partial charge in [0.25, 0.3) is 10.0 Å². The predicted octanol–water partition coefficient (Wildman–Crippen LogP) is 3.55. The third kappa shape index (κ3) is 2.82. The number of rotatable bonds is 3. The Morgan fingerprint density at radius 1 is 1.00 bits per heavy atom. The maximum atomic E-state index is 13.2. The molecule has 1 N–H and O–H groups in total. The highest BCUT2D eigenvalue weighted by molar-refractivity contribution is 7.92. The van der Waals surface area contributed by atoms with Crippen LogP contribution in [0, 0.1) is 26.6 Å². The molecule has 0 heterocycles. The SMILES string of the molecule is Cc1cc(S(=O)(=O)Nc2cccc(C)c2C)ccc1F. The number of halogens is 1. The maximum absolute atomic E-state index is 13.2. The van der Waals surface area contributed by atoms with Crippen LogP contribution in [0.1, 0.15) is 16.7 Å². The van der Waals surface area contributed by atoms with Gasteiger partial charge in [-0.15, -0.1) is 0 Å². The molecular weight excluding hydrogens is 277 g/mol. The molecule has 0 aromatic heterocycles. The quantitative estimate of drug-likeness (QED) is 0.940. The van der Waals surface area contributed by atoms with E-state index in [2.05, 4.69) is 4.72 Å². The second-order valence-electron chi connectivity index (χ2n) is 4.76. The van der Waals surface area contributed by atoms with Gasteiger partial charge in [0.1, 0.15) is 5.82 Å². The van der Waals surface area contributed by atoms with Gasteiger partial charge in [-0.05, 0) is 61.7 Å². The summed E-state index contributed by atoms with van der Waals surface area (Å²) in [5, 5.41) is 0. The molecule has 0 amide bonds. The molecule has 0 aliphatic rings. The molecule has 0 unspecified atom stereocenters. The van der Waals surface area contributed by atoms with Crippen LogP contribution < -0.4 is 4.72 Å². The van der Waals surface area contributed by atoms with Crippen molar-refractivity contribution >= 4 is 15.7 Å². The molecule has 3 nitrogen and oxygen atoms in total. The summed E-state index contributed by atoms with van der Waals surface area (Å²) >= 11 is 0. The van der Waals surface area contributed by atoms with E-state index in [4.69, 9.17) is 0 Å². The highest BCUT2D eigenvalue weighted by Crippen LogP contribution is 2.22. The average Bonchev–Trinajstić information content (AvgIpc) is 2.38. The summed E-state index contributed by atoms with van der Waals surface area (Å²) in [6.45, 7) is 5.30. The molecule has 2 rings (SSSR count). The molecule has 0 atom stereocenters. The Balaban J connectivity index is 2.41. The van der Waals surface area contributed by atoms with E-state index in [0.29, 0.717) is 11.3 Å². The summed E-state index contributed by atoms with van der Waals surface area (Å²) in [6.07, 6.45) is 0. The van der Waals surface area contributed by atoms with Crippen molar-refractivity contribution in [2.75, 3.05) is 4.72 Å². The first-order chi connectivity index (χ1) is 9.31. The molecule has 5 heteroatoms. The fraction of sp³-hybridized carbons (Fsp3) is 0.200. The first-order valence-electron chi connectivity index (χ1n) is 6.16. The largest absolute Gasteiger partial charge is 0.279 e. The Labute approximate surface area is 118 Å². The Morgan fingerprint density at radius 2 is 1.70 bits per heavy atom. The summed E-state index contributed by atoms with van der Waals surface area (Å²) in [4.78, 5) is 0.0531. The molecule has 0 saturated heterocycles. The second kappa shape index (κ2) is 5.25. The van der Waals surface area contributed by atoms with E-state index in [-0.39, 0.29) is 4.90 Å². The van der Waals surface area contributed by atoms with E-state index in [1.165, 1.54) is 19.1 Å². The van der Waals surface area contributed by atoms with Crippen molar-refractivity contribution in [3.63, 3.8) is 0 Å². The van der Waals surface area contributed by atoms with Crippen LogP contribution in [-0.4, -0.2) is 8.42 Å². The van der Waals surface area contributed by atoms with Crippen LogP contribution in [-0.2, 0) is 10.0 Å². The van der Waals surface area contributed by atoms with E-state index >= 15 is 0 Å². The zero-order valence-corrected chi connectivity index (χ0v) is 12.4. The third-order valence-electron chi connectivity index (χ3n) is 3.29. The third-order valence-corrected chi connectivity index (χ3v) is 4.65. The average molecular weight is 293 g/mol. The molecule has 0 bridgehead atoms. The van der Waals surface area contributed by atoms with E-state index in [1.54, 1.807) is 12.1 Å². The van der Waals surface area contributed by atoms with Crippen LogP contribution in [0.25, 0.3) is 0 Å².